The third-order valence-electron chi connectivity index (χ3n) is 6.00. The highest BCUT2D eigenvalue weighted by molar-refractivity contribution is 5.85. The molecule has 5 rings (SSSR count). The summed E-state index contributed by atoms with van der Waals surface area (Å²) < 4.78 is 27.6. The van der Waals surface area contributed by atoms with Gasteiger partial charge in [0.15, 0.2) is 17.3 Å². The Balaban J connectivity index is 1.63. The van der Waals surface area contributed by atoms with Crippen LogP contribution in [0, 0.1) is 5.82 Å². The van der Waals surface area contributed by atoms with Gasteiger partial charge in [-0.05, 0) is 36.8 Å². The van der Waals surface area contributed by atoms with Gasteiger partial charge in [0.2, 0.25) is 5.75 Å². The Morgan fingerprint density at radius 1 is 1.12 bits per heavy atom. The molecule has 0 radical (unpaired) electrons. The van der Waals surface area contributed by atoms with Gasteiger partial charge in [-0.2, -0.15) is 0 Å². The maximum Gasteiger partial charge on any atom is 0.203 e. The number of aromatic hydroxyl groups is 2. The number of phenolic OH excluding ortho intramolecular Hbond substituents is 2. The molecule has 170 valence electrons. The predicted molar refractivity (Wildman–Crippen MR) is 123 cm³/mol. The summed E-state index contributed by atoms with van der Waals surface area (Å²) in [6.07, 6.45) is 0. The van der Waals surface area contributed by atoms with E-state index in [-0.39, 0.29) is 11.3 Å². The third kappa shape index (κ3) is 3.52. The van der Waals surface area contributed by atoms with Crippen molar-refractivity contribution in [1.29, 1.82) is 0 Å². The van der Waals surface area contributed by atoms with E-state index in [1.165, 1.54) is 13.2 Å². The van der Waals surface area contributed by atoms with Crippen molar-refractivity contribution in [1.82, 2.24) is 9.55 Å². The molecule has 1 saturated heterocycles. The largest absolute Gasteiger partial charge is 0.502 e. The topological polar surface area (TPSA) is 88.8 Å². The summed E-state index contributed by atoms with van der Waals surface area (Å²) in [6, 6.07) is 17.2. The molecule has 3 N–H and O–H groups in total. The minimum absolute atomic E-state index is 0.0327. The number of ether oxygens (including phenoxy) is 2. The van der Waals surface area contributed by atoms with Gasteiger partial charge < -0.3 is 29.6 Å². The molecule has 0 atom stereocenters. The fourth-order valence-corrected chi connectivity index (χ4v) is 4.17. The molecule has 1 aromatic heterocycles. The minimum atomic E-state index is -0.962. The van der Waals surface area contributed by atoms with E-state index in [1.54, 1.807) is 0 Å². The van der Waals surface area contributed by atoms with Crippen LogP contribution in [0.5, 0.6) is 17.2 Å². The molecule has 1 fully saturated rings. The van der Waals surface area contributed by atoms with E-state index in [4.69, 9.17) is 14.5 Å². The summed E-state index contributed by atoms with van der Waals surface area (Å²) >= 11 is 0. The fraction of sp³-hybridized carbons (Fsp3) is 0.240. The molecule has 0 spiro atoms. The normalized spacial score (nSPS) is 14.8. The number of methoxy groups -OCH3 is 1. The molecule has 1 aliphatic rings. The van der Waals surface area contributed by atoms with Crippen molar-refractivity contribution < 1.29 is 24.1 Å². The molecule has 1 aliphatic heterocycles. The number of phenols is 2. The quantitative estimate of drug-likeness (QED) is 0.372. The summed E-state index contributed by atoms with van der Waals surface area (Å²) in [5.41, 5.74) is 3.11. The Bertz CT molecular complexity index is 1330. The zero-order chi connectivity index (χ0) is 23.2. The van der Waals surface area contributed by atoms with Gasteiger partial charge in [-0.1, -0.05) is 30.3 Å². The highest BCUT2D eigenvalue weighted by Crippen LogP contribution is 2.44. The van der Waals surface area contributed by atoms with Gasteiger partial charge in [0.05, 0.1) is 42.5 Å². The van der Waals surface area contributed by atoms with E-state index in [2.05, 4.69) is 5.32 Å². The lowest BCUT2D eigenvalue weighted by Gasteiger charge is -2.40. The first-order valence-corrected chi connectivity index (χ1v) is 10.6. The van der Waals surface area contributed by atoms with Crippen LogP contribution in [-0.4, -0.2) is 40.1 Å². The van der Waals surface area contributed by atoms with E-state index < -0.39 is 22.9 Å². The summed E-state index contributed by atoms with van der Waals surface area (Å²) in [6.45, 7) is 3.56. The molecule has 33 heavy (non-hydrogen) atoms. The van der Waals surface area contributed by atoms with Gasteiger partial charge in [-0.25, -0.2) is 9.37 Å². The van der Waals surface area contributed by atoms with Gasteiger partial charge in [-0.15, -0.1) is 0 Å². The van der Waals surface area contributed by atoms with Gasteiger partial charge in [0.1, 0.15) is 5.82 Å². The maximum atomic E-state index is 15.1. The molecule has 0 saturated carbocycles. The molecular formula is C25H24FN3O4. The third-order valence-corrected chi connectivity index (χ3v) is 6.00. The first kappa shape index (κ1) is 21.1. The number of nitrogens with one attached hydrogen (secondary N) is 1. The Kier molecular flexibility index (Phi) is 5.09. The Hall–Kier alpha value is -3.78. The van der Waals surface area contributed by atoms with Crippen molar-refractivity contribution >= 4 is 16.7 Å². The molecule has 7 nitrogen and oxygen atoms in total. The van der Waals surface area contributed by atoms with Crippen LogP contribution < -0.4 is 10.1 Å². The Labute approximate surface area is 190 Å². The zero-order valence-corrected chi connectivity index (χ0v) is 18.3. The molecule has 0 unspecified atom stereocenters. The predicted octanol–water partition coefficient (Wildman–Crippen LogP) is 4.62. The average molecular weight is 449 g/mol. The highest BCUT2D eigenvalue weighted by Gasteiger charge is 2.39. The number of fused-ring (bicyclic) bond motifs is 1. The number of hydrogen-bond acceptors (Lipinski definition) is 6. The van der Waals surface area contributed by atoms with Crippen molar-refractivity contribution in [3.8, 4) is 28.6 Å². The second-order valence-corrected chi connectivity index (χ2v) is 8.44. The minimum Gasteiger partial charge on any atom is -0.502 e. The number of benzene rings is 3. The number of halogens is 1. The van der Waals surface area contributed by atoms with E-state index in [1.807, 2.05) is 60.0 Å². The van der Waals surface area contributed by atoms with Crippen LogP contribution in [0.25, 0.3) is 22.4 Å². The molecule has 0 aliphatic carbocycles. The standard InChI is InChI=1S/C25H24FN3O4/c1-25(13-33-14-25)29-19-9-8-16(27-12-15-6-4-3-5-7-15)10-18(19)28-24(29)17-11-20(32-2)22(30)23(31)21(17)26/h3-11,27,30-31H,12-14H2,1-2H3. The second kappa shape index (κ2) is 7.97. The smallest absolute Gasteiger partial charge is 0.203 e. The summed E-state index contributed by atoms with van der Waals surface area (Å²) in [5, 5.41) is 23.5. The lowest BCUT2D eigenvalue weighted by molar-refractivity contribution is -0.0868. The molecule has 4 aromatic rings. The first-order valence-electron chi connectivity index (χ1n) is 10.6. The van der Waals surface area contributed by atoms with E-state index in [0.717, 1.165) is 16.8 Å². The number of hydrogen-bond donors (Lipinski definition) is 3. The average Bonchev–Trinajstić information content (AvgIpc) is 3.19. The molecule has 2 heterocycles. The van der Waals surface area contributed by atoms with Crippen LogP contribution in [0.3, 0.4) is 0 Å². The molecule has 0 amide bonds. The van der Waals surface area contributed by atoms with Crippen LogP contribution >= 0.6 is 0 Å². The van der Waals surface area contributed by atoms with E-state index in [0.29, 0.717) is 31.1 Å². The van der Waals surface area contributed by atoms with Crippen molar-refractivity contribution in [3.05, 3.63) is 66.0 Å². The van der Waals surface area contributed by atoms with Gasteiger partial charge in [-0.3, -0.25) is 0 Å². The van der Waals surface area contributed by atoms with Crippen molar-refractivity contribution in [2.45, 2.75) is 19.0 Å². The van der Waals surface area contributed by atoms with Crippen LogP contribution in [0.1, 0.15) is 12.5 Å². The molecule has 0 bridgehead atoms. The lowest BCUT2D eigenvalue weighted by atomic mass is 9.98. The fourth-order valence-electron chi connectivity index (χ4n) is 4.17. The van der Waals surface area contributed by atoms with Crippen molar-refractivity contribution in [3.63, 3.8) is 0 Å². The van der Waals surface area contributed by atoms with Crippen LogP contribution in [0.15, 0.2) is 54.6 Å². The maximum absolute atomic E-state index is 15.1. The number of nitrogens with zero attached hydrogens (tertiary/aromatic N) is 2. The molecule has 3 aromatic carbocycles. The Morgan fingerprint density at radius 3 is 2.55 bits per heavy atom. The second-order valence-electron chi connectivity index (χ2n) is 8.44. The van der Waals surface area contributed by atoms with E-state index in [9.17, 15) is 10.2 Å². The number of anilines is 1. The van der Waals surface area contributed by atoms with Crippen LogP contribution in [0.2, 0.25) is 0 Å². The molecular weight excluding hydrogens is 425 g/mol. The summed E-state index contributed by atoms with van der Waals surface area (Å²) in [5.74, 6) is -2.20. The molecule has 8 heteroatoms. The number of imidazole rings is 1. The van der Waals surface area contributed by atoms with Crippen LogP contribution in [0.4, 0.5) is 10.1 Å². The zero-order valence-electron chi connectivity index (χ0n) is 18.3. The summed E-state index contributed by atoms with van der Waals surface area (Å²) in [7, 11) is 1.34. The van der Waals surface area contributed by atoms with Gasteiger partial charge >= 0.3 is 0 Å². The first-order chi connectivity index (χ1) is 15.9. The van der Waals surface area contributed by atoms with Gasteiger partial charge in [0.25, 0.3) is 0 Å². The van der Waals surface area contributed by atoms with Crippen LogP contribution in [-0.2, 0) is 16.8 Å². The Morgan fingerprint density at radius 2 is 1.88 bits per heavy atom. The number of aromatic nitrogens is 2. The summed E-state index contributed by atoms with van der Waals surface area (Å²) in [4.78, 5) is 4.73. The van der Waals surface area contributed by atoms with E-state index >= 15 is 4.39 Å². The van der Waals surface area contributed by atoms with Gasteiger partial charge in [0, 0.05) is 12.2 Å². The van der Waals surface area contributed by atoms with Crippen molar-refractivity contribution in [2.24, 2.45) is 0 Å². The monoisotopic (exact) mass is 449 g/mol. The highest BCUT2D eigenvalue weighted by atomic mass is 19.1. The lowest BCUT2D eigenvalue weighted by Crippen LogP contribution is -2.49. The number of rotatable bonds is 6. The SMILES string of the molecule is COc1cc(-c2nc3cc(NCc4ccccc4)ccc3n2C2(C)COC2)c(F)c(O)c1O. The van der Waals surface area contributed by atoms with Crippen molar-refractivity contribution in [2.75, 3.05) is 25.6 Å².